The number of halogens is 2. The number of aryl methyl sites for hydroxylation is 3. The Hall–Kier alpha value is -1.03. The average molecular weight is 558 g/mol. The summed E-state index contributed by atoms with van der Waals surface area (Å²) in [5.41, 5.74) is 5.13. The van der Waals surface area contributed by atoms with Crippen LogP contribution in [0.3, 0.4) is 0 Å². The Morgan fingerprint density at radius 1 is 0.861 bits per heavy atom. The minimum absolute atomic E-state index is 0.0641. The molecule has 0 spiro atoms. The number of unbranched alkanes of at least 4 members (excludes halogenated alkanes) is 4. The van der Waals surface area contributed by atoms with Crippen LogP contribution < -0.4 is 4.74 Å². The summed E-state index contributed by atoms with van der Waals surface area (Å²) >= 11 is 13.0. The first-order chi connectivity index (χ1) is 17.1. The van der Waals surface area contributed by atoms with Crippen molar-refractivity contribution in [3.63, 3.8) is 0 Å². The van der Waals surface area contributed by atoms with Crippen molar-refractivity contribution in [3.8, 4) is 5.75 Å². The van der Waals surface area contributed by atoms with Gasteiger partial charge in [0.1, 0.15) is 0 Å². The van der Waals surface area contributed by atoms with Crippen LogP contribution in [0, 0.1) is 19.8 Å². The summed E-state index contributed by atoms with van der Waals surface area (Å²) in [6, 6.07) is 10.6. The average Bonchev–Trinajstić information content (AvgIpc) is 2.79. The first kappa shape index (κ1) is 31.2. The summed E-state index contributed by atoms with van der Waals surface area (Å²) in [4.78, 5) is 17.9. The summed E-state index contributed by atoms with van der Waals surface area (Å²) in [6.07, 6.45) is 11.0. The third-order valence-corrected chi connectivity index (χ3v) is 8.25. The zero-order valence-corrected chi connectivity index (χ0v) is 24.5. The van der Waals surface area contributed by atoms with Crippen LogP contribution in [-0.4, -0.2) is 22.6 Å². The molecule has 0 aromatic heterocycles. The van der Waals surface area contributed by atoms with Crippen molar-refractivity contribution in [2.75, 3.05) is 12.8 Å². The zero-order valence-electron chi connectivity index (χ0n) is 22.1. The normalized spacial score (nSPS) is 12.6. The predicted octanol–water partition coefficient (Wildman–Crippen LogP) is 9.10. The number of rotatable bonds is 17. The largest absolute Gasteiger partial charge is 0.490 e. The smallest absolute Gasteiger partial charge is 0.325 e. The molecule has 0 radical (unpaired) electrons. The second-order valence-electron chi connectivity index (χ2n) is 10.1. The molecular weight excluding hydrogens is 514 g/mol. The van der Waals surface area contributed by atoms with Crippen LogP contribution in [0.2, 0.25) is 10.0 Å². The van der Waals surface area contributed by atoms with Crippen LogP contribution in [0.15, 0.2) is 30.3 Å². The van der Waals surface area contributed by atoms with Gasteiger partial charge in [-0.25, -0.2) is 0 Å². The Morgan fingerprint density at radius 3 is 2.19 bits per heavy atom. The molecular formula is C29H43Cl2O4P. The molecule has 0 aliphatic rings. The van der Waals surface area contributed by atoms with Gasteiger partial charge in [-0.3, -0.25) is 4.57 Å². The maximum atomic E-state index is 10.9. The molecule has 0 saturated heterocycles. The molecule has 0 amide bonds. The maximum Gasteiger partial charge on any atom is 0.325 e. The third kappa shape index (κ3) is 12.0. The highest BCUT2D eigenvalue weighted by Crippen LogP contribution is 2.37. The molecule has 0 heterocycles. The summed E-state index contributed by atoms with van der Waals surface area (Å²) in [5, 5.41) is 1.03. The summed E-state index contributed by atoms with van der Waals surface area (Å²) < 4.78 is 17.0. The molecule has 0 saturated carbocycles. The van der Waals surface area contributed by atoms with Gasteiger partial charge in [0.25, 0.3) is 0 Å². The first-order valence-electron chi connectivity index (χ1n) is 13.3. The Balaban J connectivity index is 1.84. The molecule has 2 aromatic carbocycles. The monoisotopic (exact) mass is 556 g/mol. The van der Waals surface area contributed by atoms with Gasteiger partial charge in [-0.05, 0) is 92.7 Å². The van der Waals surface area contributed by atoms with E-state index in [0.29, 0.717) is 34.7 Å². The molecule has 4 nitrogen and oxygen atoms in total. The molecule has 2 N–H and O–H groups in total. The van der Waals surface area contributed by atoms with E-state index in [0.717, 1.165) is 44.1 Å². The summed E-state index contributed by atoms with van der Waals surface area (Å²) in [5.74, 6) is 1.18. The van der Waals surface area contributed by atoms with Gasteiger partial charge in [0.15, 0.2) is 5.75 Å². The lowest BCUT2D eigenvalue weighted by atomic mass is 9.89. The van der Waals surface area contributed by atoms with E-state index in [1.165, 1.54) is 42.4 Å². The van der Waals surface area contributed by atoms with Crippen molar-refractivity contribution in [1.82, 2.24) is 0 Å². The van der Waals surface area contributed by atoms with E-state index in [1.54, 1.807) is 0 Å². The number of hydrogen-bond acceptors (Lipinski definition) is 2. The summed E-state index contributed by atoms with van der Waals surface area (Å²) in [7, 11) is -3.91. The topological polar surface area (TPSA) is 66.8 Å². The van der Waals surface area contributed by atoms with Crippen molar-refractivity contribution in [2.45, 2.75) is 91.4 Å². The fraction of sp³-hybridized carbons (Fsp3) is 0.586. The van der Waals surface area contributed by atoms with Gasteiger partial charge in [0.2, 0.25) is 0 Å². The van der Waals surface area contributed by atoms with Crippen LogP contribution in [0.5, 0.6) is 5.75 Å². The second kappa shape index (κ2) is 16.0. The Kier molecular flexibility index (Phi) is 13.9. The van der Waals surface area contributed by atoms with E-state index < -0.39 is 7.60 Å². The van der Waals surface area contributed by atoms with Gasteiger partial charge in [-0.1, -0.05) is 80.4 Å². The highest BCUT2D eigenvalue weighted by molar-refractivity contribution is 7.51. The summed E-state index contributed by atoms with van der Waals surface area (Å²) in [6.45, 7) is 7.17. The van der Waals surface area contributed by atoms with Crippen molar-refractivity contribution < 1.29 is 19.1 Å². The lowest BCUT2D eigenvalue weighted by Gasteiger charge is -2.18. The minimum atomic E-state index is -3.91. The van der Waals surface area contributed by atoms with E-state index in [2.05, 4.69) is 39.0 Å². The van der Waals surface area contributed by atoms with Crippen LogP contribution >= 0.6 is 30.8 Å². The van der Waals surface area contributed by atoms with Gasteiger partial charge in [-0.15, -0.1) is 0 Å². The van der Waals surface area contributed by atoms with Crippen LogP contribution in [-0.2, 0) is 17.4 Å². The lowest BCUT2D eigenvalue weighted by Crippen LogP contribution is -2.08. The molecule has 36 heavy (non-hydrogen) atoms. The predicted molar refractivity (Wildman–Crippen MR) is 153 cm³/mol. The lowest BCUT2D eigenvalue weighted by molar-refractivity contribution is 0.286. The second-order valence-corrected chi connectivity index (χ2v) is 12.7. The molecule has 2 rings (SSSR count). The third-order valence-electron chi connectivity index (χ3n) is 6.79. The van der Waals surface area contributed by atoms with Gasteiger partial charge in [0.05, 0.1) is 16.7 Å². The van der Waals surface area contributed by atoms with Crippen molar-refractivity contribution >= 4 is 30.8 Å². The van der Waals surface area contributed by atoms with Crippen molar-refractivity contribution in [1.29, 1.82) is 0 Å². The molecule has 2 aromatic rings. The highest BCUT2D eigenvalue weighted by atomic mass is 35.5. The quantitative estimate of drug-likeness (QED) is 0.150. The van der Waals surface area contributed by atoms with Crippen molar-refractivity contribution in [2.24, 2.45) is 5.92 Å². The molecule has 0 bridgehead atoms. The molecule has 1 atom stereocenters. The minimum Gasteiger partial charge on any atom is -0.490 e. The number of benzene rings is 2. The van der Waals surface area contributed by atoms with Gasteiger partial charge >= 0.3 is 7.60 Å². The SMILES string of the molecule is CCCCCC(CCCOc1c(Cl)cc(CCCCCP(=O)(O)O)cc1Cl)Cc1ccc(C)c(C)c1. The molecule has 0 aliphatic heterocycles. The van der Waals surface area contributed by atoms with Crippen LogP contribution in [0.4, 0.5) is 0 Å². The fourth-order valence-electron chi connectivity index (χ4n) is 4.56. The van der Waals surface area contributed by atoms with Gasteiger partial charge < -0.3 is 14.5 Å². The van der Waals surface area contributed by atoms with E-state index in [9.17, 15) is 4.57 Å². The molecule has 0 aliphatic carbocycles. The highest BCUT2D eigenvalue weighted by Gasteiger charge is 2.14. The van der Waals surface area contributed by atoms with Crippen LogP contribution in [0.25, 0.3) is 0 Å². The van der Waals surface area contributed by atoms with E-state index >= 15 is 0 Å². The molecule has 1 unspecified atom stereocenters. The number of ether oxygens (including phenoxy) is 1. The van der Waals surface area contributed by atoms with E-state index in [4.69, 9.17) is 37.7 Å². The first-order valence-corrected chi connectivity index (χ1v) is 15.9. The van der Waals surface area contributed by atoms with Crippen LogP contribution in [0.1, 0.15) is 87.0 Å². The van der Waals surface area contributed by atoms with Gasteiger partial charge in [0, 0.05) is 6.16 Å². The maximum absolute atomic E-state index is 10.9. The Morgan fingerprint density at radius 2 is 1.56 bits per heavy atom. The standard InChI is InChI=1S/C29H43Cl2O4P/c1-4-5-7-11-24(19-26-15-14-22(2)23(3)18-26)13-10-16-35-29-27(30)20-25(21-28(29)31)12-8-6-9-17-36(32,33)34/h14-15,18,20-21,24H,4-13,16-17,19H2,1-3H3,(H2,32,33,34). The zero-order chi connectivity index (χ0) is 26.6. The number of hydrogen-bond donors (Lipinski definition) is 2. The molecule has 202 valence electrons. The molecule has 0 fully saturated rings. The fourth-order valence-corrected chi connectivity index (χ4v) is 5.84. The Labute approximate surface area is 227 Å². The Bertz CT molecular complexity index is 966. The van der Waals surface area contributed by atoms with Crippen molar-refractivity contribution in [3.05, 3.63) is 62.6 Å². The van der Waals surface area contributed by atoms with E-state index in [-0.39, 0.29) is 6.16 Å². The van der Waals surface area contributed by atoms with Gasteiger partial charge in [-0.2, -0.15) is 0 Å². The molecule has 7 heteroatoms. The van der Waals surface area contributed by atoms with E-state index in [1.807, 2.05) is 12.1 Å².